The summed E-state index contributed by atoms with van der Waals surface area (Å²) in [6.07, 6.45) is 0. The highest BCUT2D eigenvalue weighted by atomic mass is 35.5. The van der Waals surface area contributed by atoms with E-state index in [9.17, 15) is 4.79 Å². The fourth-order valence-corrected chi connectivity index (χ4v) is 3.37. The average Bonchev–Trinajstić information content (AvgIpc) is 3.08. The van der Waals surface area contributed by atoms with Gasteiger partial charge in [-0.1, -0.05) is 35.9 Å². The van der Waals surface area contributed by atoms with Crippen LogP contribution in [0.4, 0.5) is 5.69 Å². The van der Waals surface area contributed by atoms with Crippen molar-refractivity contribution in [3.8, 4) is 5.75 Å². The van der Waals surface area contributed by atoms with Crippen molar-refractivity contribution in [2.45, 2.75) is 19.6 Å². The second-order valence-electron chi connectivity index (χ2n) is 5.57. The van der Waals surface area contributed by atoms with Gasteiger partial charge in [-0.25, -0.2) is 0 Å². The van der Waals surface area contributed by atoms with Gasteiger partial charge in [-0.3, -0.25) is 10.1 Å². The van der Waals surface area contributed by atoms with Crippen molar-refractivity contribution < 1.29 is 9.53 Å². The summed E-state index contributed by atoms with van der Waals surface area (Å²) >= 11 is 1.73. The zero-order valence-electron chi connectivity index (χ0n) is 13.5. The zero-order valence-corrected chi connectivity index (χ0v) is 15.1. The highest BCUT2D eigenvalue weighted by molar-refractivity contribution is 7.99. The van der Waals surface area contributed by atoms with Crippen molar-refractivity contribution >= 4 is 35.8 Å². The van der Waals surface area contributed by atoms with E-state index in [-0.39, 0.29) is 24.4 Å². The normalized spacial score (nSPS) is 16.3. The molecule has 0 aliphatic carbocycles. The van der Waals surface area contributed by atoms with Crippen LogP contribution in [0.3, 0.4) is 0 Å². The number of aryl methyl sites for hydroxylation is 1. The van der Waals surface area contributed by atoms with Gasteiger partial charge in [0.05, 0.1) is 6.04 Å². The van der Waals surface area contributed by atoms with Gasteiger partial charge in [-0.05, 0) is 24.6 Å². The zero-order chi connectivity index (χ0) is 16.1. The molecule has 1 saturated heterocycles. The van der Waals surface area contributed by atoms with Crippen LogP contribution in [0.5, 0.6) is 5.75 Å². The summed E-state index contributed by atoms with van der Waals surface area (Å²) in [7, 11) is 0. The van der Waals surface area contributed by atoms with E-state index in [1.165, 1.54) is 5.56 Å². The molecule has 3 rings (SSSR count). The molecule has 1 aliphatic heterocycles. The number of anilines is 1. The fraction of sp³-hybridized carbons (Fsp3) is 0.278. The first-order valence-electron chi connectivity index (χ1n) is 7.61. The molecule has 1 amide bonds. The third kappa shape index (κ3) is 5.16. The lowest BCUT2D eigenvalue weighted by molar-refractivity contribution is -0.117. The molecule has 4 nitrogen and oxygen atoms in total. The van der Waals surface area contributed by atoms with Gasteiger partial charge in [-0.15, -0.1) is 24.2 Å². The Hall–Kier alpha value is -1.69. The largest absolute Gasteiger partial charge is 0.489 e. The molecular weight excluding hydrogens is 344 g/mol. The molecule has 128 valence electrons. The van der Waals surface area contributed by atoms with Crippen molar-refractivity contribution in [1.29, 1.82) is 0 Å². The summed E-state index contributed by atoms with van der Waals surface area (Å²) in [6, 6.07) is 15.6. The minimum Gasteiger partial charge on any atom is -0.489 e. The summed E-state index contributed by atoms with van der Waals surface area (Å²) in [5, 5.41) is 6.10. The van der Waals surface area contributed by atoms with Crippen LogP contribution in [0.2, 0.25) is 0 Å². The minimum atomic E-state index is -0.114. The van der Waals surface area contributed by atoms with Gasteiger partial charge in [0.1, 0.15) is 12.4 Å². The average molecular weight is 365 g/mol. The SMILES string of the molecule is Cc1cccc(COc2cccc(NC(=O)C3CSCN3)c2)c1.Cl. The van der Waals surface area contributed by atoms with Gasteiger partial charge in [0.25, 0.3) is 0 Å². The monoisotopic (exact) mass is 364 g/mol. The maximum atomic E-state index is 12.1. The molecule has 1 heterocycles. The molecule has 0 saturated carbocycles. The number of halogens is 1. The van der Waals surface area contributed by atoms with E-state index >= 15 is 0 Å². The number of nitrogens with one attached hydrogen (secondary N) is 2. The number of ether oxygens (including phenoxy) is 1. The van der Waals surface area contributed by atoms with E-state index in [2.05, 4.69) is 29.7 Å². The molecular formula is C18H21ClN2O2S. The van der Waals surface area contributed by atoms with E-state index in [1.54, 1.807) is 11.8 Å². The maximum Gasteiger partial charge on any atom is 0.242 e. The second-order valence-corrected chi connectivity index (χ2v) is 6.60. The molecule has 2 aromatic carbocycles. The minimum absolute atomic E-state index is 0. The Morgan fingerprint density at radius 3 is 2.88 bits per heavy atom. The molecule has 1 aliphatic rings. The lowest BCUT2D eigenvalue weighted by Crippen LogP contribution is -2.37. The first-order valence-corrected chi connectivity index (χ1v) is 8.76. The molecule has 6 heteroatoms. The van der Waals surface area contributed by atoms with Gasteiger partial charge >= 0.3 is 0 Å². The van der Waals surface area contributed by atoms with Crippen molar-refractivity contribution in [3.05, 3.63) is 59.7 Å². The van der Waals surface area contributed by atoms with Crippen LogP contribution >= 0.6 is 24.2 Å². The summed E-state index contributed by atoms with van der Waals surface area (Å²) in [5.74, 6) is 2.40. The van der Waals surface area contributed by atoms with E-state index in [1.807, 2.05) is 36.4 Å². The Morgan fingerprint density at radius 2 is 2.12 bits per heavy atom. The first kappa shape index (κ1) is 18.6. The number of benzene rings is 2. The highest BCUT2D eigenvalue weighted by Gasteiger charge is 2.22. The third-order valence-electron chi connectivity index (χ3n) is 3.62. The summed E-state index contributed by atoms with van der Waals surface area (Å²) in [6.45, 7) is 2.58. The Balaban J connectivity index is 0.00000208. The molecule has 0 aromatic heterocycles. The van der Waals surface area contributed by atoms with Crippen LogP contribution in [-0.4, -0.2) is 23.6 Å². The lowest BCUT2D eigenvalue weighted by Gasteiger charge is -2.12. The number of thioether (sulfide) groups is 1. The van der Waals surface area contributed by atoms with E-state index in [0.717, 1.165) is 28.6 Å². The highest BCUT2D eigenvalue weighted by Crippen LogP contribution is 2.20. The van der Waals surface area contributed by atoms with E-state index in [4.69, 9.17) is 4.74 Å². The van der Waals surface area contributed by atoms with Crippen LogP contribution in [0, 0.1) is 6.92 Å². The molecule has 1 fully saturated rings. The van der Waals surface area contributed by atoms with Crippen molar-refractivity contribution in [2.24, 2.45) is 0 Å². The van der Waals surface area contributed by atoms with E-state index in [0.29, 0.717) is 6.61 Å². The molecule has 1 unspecified atom stereocenters. The van der Waals surface area contributed by atoms with E-state index < -0.39 is 0 Å². The number of hydrogen-bond acceptors (Lipinski definition) is 4. The second kappa shape index (κ2) is 8.97. The van der Waals surface area contributed by atoms with Crippen molar-refractivity contribution in [1.82, 2.24) is 5.32 Å². The molecule has 0 spiro atoms. The van der Waals surface area contributed by atoms with Crippen LogP contribution in [0.25, 0.3) is 0 Å². The fourth-order valence-electron chi connectivity index (χ4n) is 2.43. The van der Waals surface area contributed by atoms with Gasteiger partial charge in [0, 0.05) is 23.4 Å². The Morgan fingerprint density at radius 1 is 1.29 bits per heavy atom. The summed E-state index contributed by atoms with van der Waals surface area (Å²) < 4.78 is 5.82. The lowest BCUT2D eigenvalue weighted by atomic mass is 10.1. The number of amides is 1. The number of hydrogen-bond donors (Lipinski definition) is 2. The van der Waals surface area contributed by atoms with Crippen molar-refractivity contribution in [3.63, 3.8) is 0 Å². The Labute approximate surface area is 152 Å². The third-order valence-corrected chi connectivity index (χ3v) is 4.56. The maximum absolute atomic E-state index is 12.1. The van der Waals surface area contributed by atoms with Crippen LogP contribution < -0.4 is 15.4 Å². The summed E-state index contributed by atoms with van der Waals surface area (Å²) in [5.41, 5.74) is 3.11. The van der Waals surface area contributed by atoms with Crippen LogP contribution in [-0.2, 0) is 11.4 Å². The smallest absolute Gasteiger partial charge is 0.242 e. The summed E-state index contributed by atoms with van der Waals surface area (Å²) in [4.78, 5) is 12.1. The topological polar surface area (TPSA) is 50.4 Å². The van der Waals surface area contributed by atoms with Crippen LogP contribution in [0.15, 0.2) is 48.5 Å². The molecule has 24 heavy (non-hydrogen) atoms. The molecule has 1 atom stereocenters. The standard InChI is InChI=1S/C18H20N2O2S.ClH/c1-13-4-2-5-14(8-13)10-22-16-7-3-6-15(9-16)20-18(21)17-11-23-12-19-17;/h2-9,17,19H,10-12H2,1H3,(H,20,21);1H. The number of carbonyl (C=O) groups excluding carboxylic acids is 1. The molecule has 2 aromatic rings. The Bertz CT molecular complexity index is 690. The number of carbonyl (C=O) groups is 1. The predicted octanol–water partition coefficient (Wildman–Crippen LogP) is 3.60. The van der Waals surface area contributed by atoms with Gasteiger partial charge in [0.15, 0.2) is 0 Å². The van der Waals surface area contributed by atoms with Gasteiger partial charge < -0.3 is 10.1 Å². The molecule has 2 N–H and O–H groups in total. The Kier molecular flexibility index (Phi) is 6.97. The van der Waals surface area contributed by atoms with Gasteiger partial charge in [0.2, 0.25) is 5.91 Å². The van der Waals surface area contributed by atoms with Crippen LogP contribution in [0.1, 0.15) is 11.1 Å². The predicted molar refractivity (Wildman–Crippen MR) is 102 cm³/mol. The quantitative estimate of drug-likeness (QED) is 0.851. The first-order chi connectivity index (χ1) is 11.2. The number of rotatable bonds is 5. The van der Waals surface area contributed by atoms with Crippen molar-refractivity contribution in [2.75, 3.05) is 16.9 Å². The van der Waals surface area contributed by atoms with Gasteiger partial charge in [-0.2, -0.15) is 0 Å². The molecule has 0 radical (unpaired) electrons. The molecule has 0 bridgehead atoms.